The molecule has 3 nitrogen and oxygen atoms in total. The molecule has 1 aliphatic carbocycles. The number of hydrogen-bond donors (Lipinski definition) is 2. The second kappa shape index (κ2) is 2.90. The zero-order chi connectivity index (χ0) is 8.55. The quantitative estimate of drug-likeness (QED) is 0.654. The smallest absolute Gasteiger partial charge is 0.0911 e. The molecule has 1 aromatic heterocycles. The van der Waals surface area contributed by atoms with Gasteiger partial charge in [-0.25, -0.2) is 0 Å². The SMILES string of the molecule is C[C@H]1CCc2[nH]nc(CO)c2C1. The molecule has 1 atom stereocenters. The van der Waals surface area contributed by atoms with E-state index in [2.05, 4.69) is 17.1 Å². The Labute approximate surface area is 71.8 Å². The molecule has 2 N–H and O–H groups in total. The third-order valence-electron chi connectivity index (χ3n) is 2.63. The lowest BCUT2D eigenvalue weighted by Crippen LogP contribution is -2.11. The van der Waals surface area contributed by atoms with Crippen molar-refractivity contribution in [3.63, 3.8) is 0 Å². The van der Waals surface area contributed by atoms with Gasteiger partial charge in [0.15, 0.2) is 0 Å². The number of aryl methyl sites for hydroxylation is 1. The number of fused-ring (bicyclic) bond motifs is 1. The molecule has 0 saturated heterocycles. The third-order valence-corrected chi connectivity index (χ3v) is 2.63. The first-order chi connectivity index (χ1) is 5.81. The van der Waals surface area contributed by atoms with Gasteiger partial charge >= 0.3 is 0 Å². The molecule has 2 rings (SSSR count). The van der Waals surface area contributed by atoms with Crippen molar-refractivity contribution in [2.45, 2.75) is 32.8 Å². The summed E-state index contributed by atoms with van der Waals surface area (Å²) in [6.07, 6.45) is 3.39. The zero-order valence-electron chi connectivity index (χ0n) is 7.30. The first kappa shape index (κ1) is 7.80. The van der Waals surface area contributed by atoms with Crippen molar-refractivity contribution in [3.8, 4) is 0 Å². The molecule has 0 spiro atoms. The van der Waals surface area contributed by atoms with Crippen LogP contribution in [0, 0.1) is 5.92 Å². The number of aromatic amines is 1. The predicted molar refractivity (Wildman–Crippen MR) is 45.7 cm³/mol. The van der Waals surface area contributed by atoms with Crippen LogP contribution in [0.5, 0.6) is 0 Å². The van der Waals surface area contributed by atoms with Crippen molar-refractivity contribution in [1.82, 2.24) is 10.2 Å². The molecule has 12 heavy (non-hydrogen) atoms. The Kier molecular flexibility index (Phi) is 1.89. The van der Waals surface area contributed by atoms with Crippen LogP contribution in [0.2, 0.25) is 0 Å². The molecule has 3 heteroatoms. The van der Waals surface area contributed by atoms with E-state index in [9.17, 15) is 0 Å². The highest BCUT2D eigenvalue weighted by Crippen LogP contribution is 2.25. The summed E-state index contributed by atoms with van der Waals surface area (Å²) in [7, 11) is 0. The lowest BCUT2D eigenvalue weighted by molar-refractivity contribution is 0.274. The van der Waals surface area contributed by atoms with Gasteiger partial charge in [-0.15, -0.1) is 0 Å². The molecule has 0 fully saturated rings. The van der Waals surface area contributed by atoms with Gasteiger partial charge in [-0.2, -0.15) is 5.10 Å². The molecular formula is C9H14N2O. The number of nitrogens with zero attached hydrogens (tertiary/aromatic N) is 1. The predicted octanol–water partition coefficient (Wildman–Crippen LogP) is 1.03. The number of H-pyrrole nitrogens is 1. The maximum absolute atomic E-state index is 8.99. The summed E-state index contributed by atoms with van der Waals surface area (Å²) in [5, 5.41) is 16.0. The summed E-state index contributed by atoms with van der Waals surface area (Å²) in [5.74, 6) is 0.736. The van der Waals surface area contributed by atoms with Gasteiger partial charge in [-0.1, -0.05) is 6.92 Å². The highest BCUT2D eigenvalue weighted by molar-refractivity contribution is 5.27. The standard InChI is InChI=1S/C9H14N2O/c1-6-2-3-8-7(4-6)9(5-12)11-10-8/h6,12H,2-5H2,1H3,(H,10,11)/t6-/m0/s1. The molecular weight excluding hydrogens is 152 g/mol. The van der Waals surface area contributed by atoms with E-state index in [4.69, 9.17) is 5.11 Å². The van der Waals surface area contributed by atoms with Gasteiger partial charge in [0.25, 0.3) is 0 Å². The van der Waals surface area contributed by atoms with E-state index in [0.717, 1.165) is 24.5 Å². The van der Waals surface area contributed by atoms with Crippen LogP contribution in [0.4, 0.5) is 0 Å². The van der Waals surface area contributed by atoms with E-state index in [1.807, 2.05) is 0 Å². The Morgan fingerprint density at radius 2 is 2.50 bits per heavy atom. The summed E-state index contributed by atoms with van der Waals surface area (Å²) in [6, 6.07) is 0. The lowest BCUT2D eigenvalue weighted by Gasteiger charge is -2.17. The van der Waals surface area contributed by atoms with Crippen LogP contribution in [0.1, 0.15) is 30.3 Å². The molecule has 0 radical (unpaired) electrons. The van der Waals surface area contributed by atoms with Crippen LogP contribution in [-0.4, -0.2) is 15.3 Å². The Hall–Kier alpha value is -0.830. The number of rotatable bonds is 1. The summed E-state index contributed by atoms with van der Waals surface area (Å²) in [4.78, 5) is 0. The number of nitrogens with one attached hydrogen (secondary N) is 1. The number of aliphatic hydroxyl groups is 1. The summed E-state index contributed by atoms with van der Waals surface area (Å²) in [5.41, 5.74) is 3.34. The van der Waals surface area contributed by atoms with Crippen molar-refractivity contribution in [1.29, 1.82) is 0 Å². The van der Waals surface area contributed by atoms with Crippen LogP contribution >= 0.6 is 0 Å². The van der Waals surface area contributed by atoms with Crippen LogP contribution < -0.4 is 0 Å². The van der Waals surface area contributed by atoms with Crippen molar-refractivity contribution in [2.75, 3.05) is 0 Å². The maximum atomic E-state index is 8.99. The van der Waals surface area contributed by atoms with Gasteiger partial charge < -0.3 is 5.11 Å². The number of hydrogen-bond acceptors (Lipinski definition) is 2. The van der Waals surface area contributed by atoms with E-state index in [0.29, 0.717) is 0 Å². The molecule has 0 aliphatic heterocycles. The van der Waals surface area contributed by atoms with Gasteiger partial charge in [0, 0.05) is 5.69 Å². The molecule has 1 heterocycles. The zero-order valence-corrected chi connectivity index (χ0v) is 7.30. The second-order valence-electron chi connectivity index (χ2n) is 3.63. The normalized spacial score (nSPS) is 22.3. The molecule has 1 aromatic rings. The van der Waals surface area contributed by atoms with Gasteiger partial charge in [0.1, 0.15) is 0 Å². The largest absolute Gasteiger partial charge is 0.390 e. The van der Waals surface area contributed by atoms with Gasteiger partial charge in [-0.05, 0) is 30.7 Å². The minimum atomic E-state index is 0.0680. The van der Waals surface area contributed by atoms with Crippen LogP contribution in [-0.2, 0) is 19.4 Å². The van der Waals surface area contributed by atoms with Gasteiger partial charge in [0.2, 0.25) is 0 Å². The third kappa shape index (κ3) is 1.14. The first-order valence-electron chi connectivity index (χ1n) is 4.47. The molecule has 0 aromatic carbocycles. The Balaban J connectivity index is 2.34. The fourth-order valence-corrected chi connectivity index (χ4v) is 1.86. The number of aliphatic hydroxyl groups excluding tert-OH is 1. The minimum absolute atomic E-state index is 0.0680. The molecule has 0 saturated carbocycles. The molecule has 0 unspecified atom stereocenters. The first-order valence-corrected chi connectivity index (χ1v) is 4.47. The van der Waals surface area contributed by atoms with Crippen molar-refractivity contribution in [3.05, 3.63) is 17.0 Å². The number of aromatic nitrogens is 2. The van der Waals surface area contributed by atoms with E-state index in [-0.39, 0.29) is 6.61 Å². The van der Waals surface area contributed by atoms with Crippen molar-refractivity contribution >= 4 is 0 Å². The second-order valence-corrected chi connectivity index (χ2v) is 3.63. The maximum Gasteiger partial charge on any atom is 0.0911 e. The van der Waals surface area contributed by atoms with Crippen LogP contribution in [0.3, 0.4) is 0 Å². The lowest BCUT2D eigenvalue weighted by atomic mass is 9.88. The Morgan fingerprint density at radius 3 is 3.25 bits per heavy atom. The van der Waals surface area contributed by atoms with Crippen LogP contribution in [0.25, 0.3) is 0 Å². The van der Waals surface area contributed by atoms with Gasteiger partial charge in [0.05, 0.1) is 12.3 Å². The monoisotopic (exact) mass is 166 g/mol. The topological polar surface area (TPSA) is 48.9 Å². The van der Waals surface area contributed by atoms with Crippen LogP contribution in [0.15, 0.2) is 0 Å². The van der Waals surface area contributed by atoms with E-state index in [1.54, 1.807) is 0 Å². The summed E-state index contributed by atoms with van der Waals surface area (Å²) in [6.45, 7) is 2.32. The van der Waals surface area contributed by atoms with E-state index >= 15 is 0 Å². The average Bonchev–Trinajstić information content (AvgIpc) is 2.46. The average molecular weight is 166 g/mol. The molecule has 66 valence electrons. The van der Waals surface area contributed by atoms with Gasteiger partial charge in [-0.3, -0.25) is 5.10 Å². The molecule has 0 bridgehead atoms. The van der Waals surface area contributed by atoms with E-state index < -0.39 is 0 Å². The minimum Gasteiger partial charge on any atom is -0.390 e. The van der Waals surface area contributed by atoms with Crippen molar-refractivity contribution < 1.29 is 5.11 Å². The van der Waals surface area contributed by atoms with Crippen molar-refractivity contribution in [2.24, 2.45) is 5.92 Å². The molecule has 1 aliphatic rings. The summed E-state index contributed by atoms with van der Waals surface area (Å²) >= 11 is 0. The Bertz CT molecular complexity index is 267. The highest BCUT2D eigenvalue weighted by Gasteiger charge is 2.20. The van der Waals surface area contributed by atoms with E-state index in [1.165, 1.54) is 17.7 Å². The fourth-order valence-electron chi connectivity index (χ4n) is 1.86. The molecule has 0 amide bonds. The highest BCUT2D eigenvalue weighted by atomic mass is 16.3. The Morgan fingerprint density at radius 1 is 1.67 bits per heavy atom. The summed E-state index contributed by atoms with van der Waals surface area (Å²) < 4.78 is 0. The fraction of sp³-hybridized carbons (Fsp3) is 0.667.